The second-order valence-electron chi connectivity index (χ2n) is 7.45. The van der Waals surface area contributed by atoms with Gasteiger partial charge in [-0.15, -0.1) is 0 Å². The molecule has 1 aromatic heterocycles. The van der Waals surface area contributed by atoms with Gasteiger partial charge < -0.3 is 10.3 Å². The van der Waals surface area contributed by atoms with Crippen LogP contribution < -0.4 is 5.32 Å². The third-order valence-electron chi connectivity index (χ3n) is 5.23. The first-order valence-electron chi connectivity index (χ1n) is 9.34. The highest BCUT2D eigenvalue weighted by molar-refractivity contribution is 5.92. The topological polar surface area (TPSA) is 74.8 Å². The Morgan fingerprint density at radius 2 is 1.93 bits per heavy atom. The summed E-state index contributed by atoms with van der Waals surface area (Å²) in [5, 5.41) is 2.88. The van der Waals surface area contributed by atoms with E-state index in [9.17, 15) is 9.59 Å². The van der Waals surface area contributed by atoms with Gasteiger partial charge in [0.2, 0.25) is 5.91 Å². The third kappa shape index (κ3) is 3.77. The molecule has 1 aliphatic rings. The van der Waals surface area contributed by atoms with Crippen molar-refractivity contribution < 1.29 is 9.59 Å². The normalized spacial score (nSPS) is 19.6. The monoisotopic (exact) mass is 361 g/mol. The molecule has 2 N–H and O–H groups in total. The van der Waals surface area contributed by atoms with E-state index in [0.29, 0.717) is 6.42 Å². The largest absolute Gasteiger partial charge is 0.346 e. The van der Waals surface area contributed by atoms with Crippen LogP contribution in [0.5, 0.6) is 0 Å². The van der Waals surface area contributed by atoms with Gasteiger partial charge in [0.05, 0.1) is 17.1 Å². The Labute approximate surface area is 158 Å². The van der Waals surface area contributed by atoms with E-state index in [2.05, 4.69) is 15.3 Å². The number of imidazole rings is 1. The number of rotatable bonds is 6. The zero-order chi connectivity index (χ0) is 19.0. The molecule has 3 aromatic rings. The number of ketones is 1. The average molecular weight is 361 g/mol. The first-order valence-corrected chi connectivity index (χ1v) is 9.34. The van der Waals surface area contributed by atoms with Gasteiger partial charge in [0, 0.05) is 18.3 Å². The molecule has 3 unspecified atom stereocenters. The van der Waals surface area contributed by atoms with Crippen molar-refractivity contribution in [2.24, 2.45) is 5.92 Å². The molecule has 4 rings (SSSR count). The van der Waals surface area contributed by atoms with Crippen LogP contribution in [-0.2, 0) is 16.0 Å². The number of nitrogens with one attached hydrogen (secondary N) is 2. The number of fused-ring (bicyclic) bond motifs is 1. The number of aromatic nitrogens is 2. The van der Waals surface area contributed by atoms with Gasteiger partial charge in [0.15, 0.2) is 5.78 Å². The zero-order valence-electron chi connectivity index (χ0n) is 15.5. The summed E-state index contributed by atoms with van der Waals surface area (Å²) in [4.78, 5) is 32.8. The Kier molecular flexibility index (Phi) is 4.52. The van der Waals surface area contributed by atoms with Crippen LogP contribution in [0.4, 0.5) is 0 Å². The minimum atomic E-state index is -0.490. The molecule has 1 aliphatic carbocycles. The van der Waals surface area contributed by atoms with Crippen molar-refractivity contribution in [1.82, 2.24) is 15.3 Å². The third-order valence-corrected chi connectivity index (χ3v) is 5.23. The maximum absolute atomic E-state index is 12.5. The molecular formula is C22H23N3O2. The highest BCUT2D eigenvalue weighted by atomic mass is 16.2. The number of hydrogen-bond acceptors (Lipinski definition) is 3. The summed E-state index contributed by atoms with van der Waals surface area (Å²) >= 11 is 0. The molecule has 2 aromatic carbocycles. The molecule has 1 heterocycles. The molecule has 1 fully saturated rings. The second-order valence-corrected chi connectivity index (χ2v) is 7.45. The lowest BCUT2D eigenvalue weighted by molar-refractivity contribution is -0.128. The number of carbonyl (C=O) groups excluding carboxylic acids is 2. The number of amides is 1. The summed E-state index contributed by atoms with van der Waals surface area (Å²) in [7, 11) is 0. The molecule has 1 saturated carbocycles. The maximum Gasteiger partial charge on any atom is 0.224 e. The van der Waals surface area contributed by atoms with E-state index >= 15 is 0 Å². The summed E-state index contributed by atoms with van der Waals surface area (Å²) in [5.74, 6) is 0.810. The van der Waals surface area contributed by atoms with Gasteiger partial charge in [-0.2, -0.15) is 0 Å². The number of aryl methyl sites for hydroxylation is 1. The molecule has 0 bridgehead atoms. The molecule has 138 valence electrons. The van der Waals surface area contributed by atoms with Crippen LogP contribution >= 0.6 is 0 Å². The van der Waals surface area contributed by atoms with Gasteiger partial charge in [-0.25, -0.2) is 4.98 Å². The van der Waals surface area contributed by atoms with Gasteiger partial charge in [-0.3, -0.25) is 9.59 Å². The first-order chi connectivity index (χ1) is 13.0. The first kappa shape index (κ1) is 17.5. The molecule has 27 heavy (non-hydrogen) atoms. The van der Waals surface area contributed by atoms with Crippen LogP contribution in [0.15, 0.2) is 48.5 Å². The van der Waals surface area contributed by atoms with E-state index in [4.69, 9.17) is 0 Å². The van der Waals surface area contributed by atoms with Crippen molar-refractivity contribution in [2.75, 3.05) is 0 Å². The van der Waals surface area contributed by atoms with Crippen LogP contribution in [0.3, 0.4) is 0 Å². The molecule has 1 amide bonds. The summed E-state index contributed by atoms with van der Waals surface area (Å²) < 4.78 is 0. The summed E-state index contributed by atoms with van der Waals surface area (Å²) in [6.45, 7) is 3.77. The van der Waals surface area contributed by atoms with Crippen LogP contribution in [0.2, 0.25) is 0 Å². The average Bonchev–Trinajstić information content (AvgIpc) is 3.35. The standard InChI is InChI=1S/C22H23N3O2/c1-13-7-9-15(10-8-13)11-20(26)14(2)23-22(27)17-12-16(17)21-24-18-5-3-4-6-19(18)25-21/h3-10,14,16-17H,11-12H2,1-2H3,(H,23,27)(H,24,25). The molecule has 0 radical (unpaired) electrons. The smallest absolute Gasteiger partial charge is 0.224 e. The van der Waals surface area contributed by atoms with E-state index in [-0.39, 0.29) is 23.5 Å². The minimum absolute atomic E-state index is 0.0214. The molecule has 0 spiro atoms. The van der Waals surface area contributed by atoms with Gasteiger partial charge >= 0.3 is 0 Å². The number of hydrogen-bond donors (Lipinski definition) is 2. The van der Waals surface area contributed by atoms with Crippen LogP contribution in [0.1, 0.15) is 36.2 Å². The fourth-order valence-electron chi connectivity index (χ4n) is 3.40. The van der Waals surface area contributed by atoms with Crippen molar-refractivity contribution in [3.63, 3.8) is 0 Å². The molecule has 5 heteroatoms. The lowest BCUT2D eigenvalue weighted by atomic mass is 10.0. The van der Waals surface area contributed by atoms with E-state index in [1.165, 1.54) is 0 Å². The molecule has 0 saturated heterocycles. The van der Waals surface area contributed by atoms with Crippen molar-refractivity contribution in [3.05, 3.63) is 65.5 Å². The molecule has 0 aliphatic heterocycles. The number of aromatic amines is 1. The summed E-state index contributed by atoms with van der Waals surface area (Å²) in [6, 6.07) is 15.3. The fourth-order valence-corrected chi connectivity index (χ4v) is 3.40. The van der Waals surface area contributed by atoms with Crippen molar-refractivity contribution in [2.45, 2.75) is 38.6 Å². The summed E-state index contributed by atoms with van der Waals surface area (Å²) in [5.41, 5.74) is 4.04. The lowest BCUT2D eigenvalue weighted by Gasteiger charge is -2.13. The number of para-hydroxylation sites is 2. The number of nitrogens with zero attached hydrogens (tertiary/aromatic N) is 1. The van der Waals surface area contributed by atoms with E-state index in [1.807, 2.05) is 55.5 Å². The number of carbonyl (C=O) groups is 2. The van der Waals surface area contributed by atoms with Gasteiger partial charge in [0.25, 0.3) is 0 Å². The fraction of sp³-hybridized carbons (Fsp3) is 0.318. The highest BCUT2D eigenvalue weighted by Gasteiger charge is 2.46. The Morgan fingerprint density at radius 3 is 2.67 bits per heavy atom. The van der Waals surface area contributed by atoms with E-state index in [1.54, 1.807) is 6.92 Å². The molecular weight excluding hydrogens is 338 g/mol. The lowest BCUT2D eigenvalue weighted by Crippen LogP contribution is -2.40. The van der Waals surface area contributed by atoms with Crippen molar-refractivity contribution in [1.29, 1.82) is 0 Å². The molecule has 3 atom stereocenters. The summed E-state index contributed by atoms with van der Waals surface area (Å²) in [6.07, 6.45) is 1.10. The van der Waals surface area contributed by atoms with Gasteiger partial charge in [0.1, 0.15) is 5.82 Å². The predicted molar refractivity (Wildman–Crippen MR) is 104 cm³/mol. The van der Waals surface area contributed by atoms with Crippen molar-refractivity contribution in [3.8, 4) is 0 Å². The number of Topliss-reactive ketones (excluding diaryl/α,β-unsaturated/α-hetero) is 1. The zero-order valence-corrected chi connectivity index (χ0v) is 15.5. The number of benzene rings is 2. The minimum Gasteiger partial charge on any atom is -0.346 e. The SMILES string of the molecule is Cc1ccc(CC(=O)C(C)NC(=O)C2CC2c2nc3ccccc3[nH]2)cc1. The second kappa shape index (κ2) is 6.99. The van der Waals surface area contributed by atoms with Gasteiger partial charge in [-0.05, 0) is 38.0 Å². The quantitative estimate of drug-likeness (QED) is 0.707. The number of H-pyrrole nitrogens is 1. The Hall–Kier alpha value is -2.95. The Morgan fingerprint density at radius 1 is 1.19 bits per heavy atom. The van der Waals surface area contributed by atoms with Gasteiger partial charge in [-0.1, -0.05) is 42.0 Å². The van der Waals surface area contributed by atoms with Crippen LogP contribution in [0, 0.1) is 12.8 Å². The predicted octanol–water partition coefficient (Wildman–Crippen LogP) is 3.29. The maximum atomic E-state index is 12.5. The highest BCUT2D eigenvalue weighted by Crippen LogP contribution is 2.46. The Bertz CT molecular complexity index is 957. The van der Waals surface area contributed by atoms with E-state index < -0.39 is 6.04 Å². The van der Waals surface area contributed by atoms with Crippen molar-refractivity contribution >= 4 is 22.7 Å². The molecule has 5 nitrogen and oxygen atoms in total. The van der Waals surface area contributed by atoms with Crippen LogP contribution in [-0.4, -0.2) is 27.7 Å². The van der Waals surface area contributed by atoms with Crippen LogP contribution in [0.25, 0.3) is 11.0 Å². The Balaban J connectivity index is 1.33. The van der Waals surface area contributed by atoms with E-state index in [0.717, 1.165) is 34.4 Å².